The second-order valence-corrected chi connectivity index (χ2v) is 5.96. The average Bonchev–Trinajstić information content (AvgIpc) is 2.44. The van der Waals surface area contributed by atoms with Crippen molar-refractivity contribution >= 4 is 22.4 Å². The van der Waals surface area contributed by atoms with Crippen molar-refractivity contribution in [1.82, 2.24) is 4.98 Å². The predicted molar refractivity (Wildman–Crippen MR) is 88.7 cm³/mol. The monoisotopic (exact) mass is 289 g/mol. The van der Waals surface area contributed by atoms with Crippen LogP contribution in [0.2, 0.25) is 5.02 Å². The molecule has 0 atom stereocenters. The fraction of sp³-hybridized carbons (Fsp3) is 0.500. The summed E-state index contributed by atoms with van der Waals surface area (Å²) in [4.78, 5) is 4.88. The molecular formula is C18H24ClN. The second kappa shape index (κ2) is 7.08. The van der Waals surface area contributed by atoms with Gasteiger partial charge in [-0.15, -0.1) is 0 Å². The highest BCUT2D eigenvalue weighted by Crippen LogP contribution is 2.28. The highest BCUT2D eigenvalue weighted by Gasteiger charge is 2.12. The van der Waals surface area contributed by atoms with Gasteiger partial charge < -0.3 is 0 Å². The van der Waals surface area contributed by atoms with Gasteiger partial charge in [-0.25, -0.2) is 0 Å². The molecule has 2 heteroatoms. The first kappa shape index (κ1) is 15.3. The lowest BCUT2D eigenvalue weighted by atomic mass is 9.95. The molecule has 1 nitrogen and oxygen atoms in total. The summed E-state index contributed by atoms with van der Waals surface area (Å²) < 4.78 is 0. The first-order chi connectivity index (χ1) is 9.67. The maximum Gasteiger partial charge on any atom is 0.0454 e. The molecule has 0 saturated heterocycles. The molecule has 0 fully saturated rings. The molecule has 0 spiro atoms. The standard InChI is InChI=1S/C18H24ClN/c1-4-6-8-16-17-12-14(19)10-11-15(17)13(3)20-18(16)9-7-5-2/h10-12H,4-9H2,1-3H3. The fourth-order valence-corrected chi connectivity index (χ4v) is 2.92. The summed E-state index contributed by atoms with van der Waals surface area (Å²) >= 11 is 6.21. The lowest BCUT2D eigenvalue weighted by molar-refractivity contribution is 0.743. The minimum Gasteiger partial charge on any atom is -0.257 e. The zero-order valence-electron chi connectivity index (χ0n) is 12.8. The van der Waals surface area contributed by atoms with E-state index < -0.39 is 0 Å². The Morgan fingerprint density at radius 2 is 1.70 bits per heavy atom. The Morgan fingerprint density at radius 3 is 2.40 bits per heavy atom. The van der Waals surface area contributed by atoms with Gasteiger partial charge in [0.05, 0.1) is 0 Å². The molecule has 1 aromatic carbocycles. The van der Waals surface area contributed by atoms with E-state index in [-0.39, 0.29) is 0 Å². The van der Waals surface area contributed by atoms with Crippen LogP contribution in [-0.2, 0) is 12.8 Å². The van der Waals surface area contributed by atoms with Crippen LogP contribution in [0.5, 0.6) is 0 Å². The highest BCUT2D eigenvalue weighted by atomic mass is 35.5. The third-order valence-electron chi connectivity index (χ3n) is 3.89. The summed E-state index contributed by atoms with van der Waals surface area (Å²) in [5.41, 5.74) is 3.83. The number of hydrogen-bond donors (Lipinski definition) is 0. The van der Waals surface area contributed by atoms with Gasteiger partial charge in [0, 0.05) is 21.8 Å². The van der Waals surface area contributed by atoms with Crippen LogP contribution < -0.4 is 0 Å². The predicted octanol–water partition coefficient (Wildman–Crippen LogP) is 5.88. The van der Waals surface area contributed by atoms with Crippen LogP contribution in [0.1, 0.15) is 56.5 Å². The van der Waals surface area contributed by atoms with Gasteiger partial charge in [-0.2, -0.15) is 0 Å². The largest absolute Gasteiger partial charge is 0.257 e. The van der Waals surface area contributed by atoms with Crippen molar-refractivity contribution in [3.8, 4) is 0 Å². The van der Waals surface area contributed by atoms with Crippen LogP contribution in [0.4, 0.5) is 0 Å². The molecule has 0 N–H and O–H groups in total. The summed E-state index contributed by atoms with van der Waals surface area (Å²) in [7, 11) is 0. The van der Waals surface area contributed by atoms with Gasteiger partial charge >= 0.3 is 0 Å². The van der Waals surface area contributed by atoms with Gasteiger partial charge in [-0.1, -0.05) is 44.4 Å². The normalized spacial score (nSPS) is 11.2. The van der Waals surface area contributed by atoms with E-state index in [2.05, 4.69) is 32.9 Å². The molecule has 0 bridgehead atoms. The second-order valence-electron chi connectivity index (χ2n) is 5.52. The van der Waals surface area contributed by atoms with Crippen molar-refractivity contribution in [2.24, 2.45) is 0 Å². The number of aryl methyl sites for hydroxylation is 3. The minimum atomic E-state index is 0.822. The Bertz CT molecular complexity index is 589. The van der Waals surface area contributed by atoms with E-state index >= 15 is 0 Å². The highest BCUT2D eigenvalue weighted by molar-refractivity contribution is 6.31. The average molecular weight is 290 g/mol. The van der Waals surface area contributed by atoms with E-state index in [1.165, 1.54) is 47.7 Å². The van der Waals surface area contributed by atoms with Gasteiger partial charge in [0.25, 0.3) is 0 Å². The molecule has 0 saturated carbocycles. The van der Waals surface area contributed by atoms with Gasteiger partial charge in [0.2, 0.25) is 0 Å². The Kier molecular flexibility index (Phi) is 5.42. The number of unbranched alkanes of at least 4 members (excludes halogenated alkanes) is 2. The summed E-state index contributed by atoms with van der Waals surface area (Å²) in [5.74, 6) is 0. The van der Waals surface area contributed by atoms with E-state index in [9.17, 15) is 0 Å². The van der Waals surface area contributed by atoms with E-state index in [0.29, 0.717) is 0 Å². The molecule has 0 aliphatic heterocycles. The molecule has 1 heterocycles. The van der Waals surface area contributed by atoms with Crippen LogP contribution in [0.3, 0.4) is 0 Å². The molecule has 2 rings (SSSR count). The molecule has 0 radical (unpaired) electrons. The lowest BCUT2D eigenvalue weighted by Crippen LogP contribution is -2.02. The zero-order chi connectivity index (χ0) is 14.5. The Hall–Kier alpha value is -1.08. The molecule has 20 heavy (non-hydrogen) atoms. The van der Waals surface area contributed by atoms with Gasteiger partial charge in [0.15, 0.2) is 0 Å². The van der Waals surface area contributed by atoms with Crippen molar-refractivity contribution in [3.63, 3.8) is 0 Å². The molecule has 108 valence electrons. The number of benzene rings is 1. The summed E-state index contributed by atoms with van der Waals surface area (Å²) in [5, 5.41) is 3.38. The molecule has 0 aliphatic carbocycles. The van der Waals surface area contributed by atoms with Crippen LogP contribution in [-0.4, -0.2) is 4.98 Å². The van der Waals surface area contributed by atoms with E-state index in [4.69, 9.17) is 16.6 Å². The first-order valence-corrected chi connectivity index (χ1v) is 8.12. The molecule has 0 amide bonds. The Balaban J connectivity index is 2.57. The Morgan fingerprint density at radius 1 is 1.00 bits per heavy atom. The van der Waals surface area contributed by atoms with Crippen molar-refractivity contribution in [2.75, 3.05) is 0 Å². The van der Waals surface area contributed by atoms with Crippen LogP contribution >= 0.6 is 11.6 Å². The number of halogens is 1. The molecule has 2 aromatic rings. The lowest BCUT2D eigenvalue weighted by Gasteiger charge is -2.14. The van der Waals surface area contributed by atoms with E-state index in [1.54, 1.807) is 0 Å². The summed E-state index contributed by atoms with van der Waals surface area (Å²) in [6, 6.07) is 6.19. The number of hydrogen-bond acceptors (Lipinski definition) is 1. The topological polar surface area (TPSA) is 12.9 Å². The number of nitrogens with zero attached hydrogens (tertiary/aromatic N) is 1. The van der Waals surface area contributed by atoms with Crippen molar-refractivity contribution in [1.29, 1.82) is 0 Å². The van der Waals surface area contributed by atoms with Crippen molar-refractivity contribution < 1.29 is 0 Å². The maximum atomic E-state index is 6.21. The Labute approximate surface area is 127 Å². The van der Waals surface area contributed by atoms with Crippen LogP contribution in [0.15, 0.2) is 18.2 Å². The van der Waals surface area contributed by atoms with E-state index in [1.807, 2.05) is 6.07 Å². The van der Waals surface area contributed by atoms with Gasteiger partial charge in [-0.3, -0.25) is 4.98 Å². The minimum absolute atomic E-state index is 0.822. The summed E-state index contributed by atoms with van der Waals surface area (Å²) in [6.45, 7) is 6.58. The number of rotatable bonds is 6. The number of pyridine rings is 1. The molecule has 0 aliphatic rings. The third-order valence-corrected chi connectivity index (χ3v) is 4.13. The first-order valence-electron chi connectivity index (χ1n) is 7.75. The number of aromatic nitrogens is 1. The smallest absolute Gasteiger partial charge is 0.0454 e. The quantitative estimate of drug-likeness (QED) is 0.647. The van der Waals surface area contributed by atoms with Crippen LogP contribution in [0.25, 0.3) is 10.8 Å². The van der Waals surface area contributed by atoms with Crippen molar-refractivity contribution in [2.45, 2.75) is 59.3 Å². The van der Waals surface area contributed by atoms with Crippen LogP contribution in [0, 0.1) is 6.92 Å². The maximum absolute atomic E-state index is 6.21. The summed E-state index contributed by atoms with van der Waals surface area (Å²) in [6.07, 6.45) is 7.03. The molecule has 0 unspecified atom stereocenters. The van der Waals surface area contributed by atoms with Gasteiger partial charge in [-0.05, 0) is 55.7 Å². The van der Waals surface area contributed by atoms with E-state index in [0.717, 1.165) is 23.6 Å². The SMILES string of the molecule is CCCCc1nc(C)c2ccc(Cl)cc2c1CCCC. The molecule has 1 aromatic heterocycles. The van der Waals surface area contributed by atoms with Gasteiger partial charge in [0.1, 0.15) is 0 Å². The fourth-order valence-electron chi connectivity index (χ4n) is 2.75. The van der Waals surface area contributed by atoms with Crippen molar-refractivity contribution in [3.05, 3.63) is 40.2 Å². The third kappa shape index (κ3) is 3.32. The zero-order valence-corrected chi connectivity index (χ0v) is 13.6. The molecular weight excluding hydrogens is 266 g/mol. The number of fused-ring (bicyclic) bond motifs is 1.